The average molecular weight is 235 g/mol. The van der Waals surface area contributed by atoms with Gasteiger partial charge < -0.3 is 15.2 Å². The van der Waals surface area contributed by atoms with E-state index in [1.54, 1.807) is 7.11 Å². The van der Waals surface area contributed by atoms with Crippen molar-refractivity contribution in [2.45, 2.75) is 32.4 Å². The second kappa shape index (κ2) is 5.07. The van der Waals surface area contributed by atoms with Crippen molar-refractivity contribution in [1.82, 2.24) is 0 Å². The van der Waals surface area contributed by atoms with Gasteiger partial charge in [-0.3, -0.25) is 0 Å². The van der Waals surface area contributed by atoms with Crippen LogP contribution in [0.4, 0.5) is 0 Å². The minimum atomic E-state index is 0.0598. The Kier molecular flexibility index (Phi) is 3.69. The summed E-state index contributed by atoms with van der Waals surface area (Å²) in [5.41, 5.74) is 8.61. The molecule has 3 heteroatoms. The zero-order valence-corrected chi connectivity index (χ0v) is 10.8. The van der Waals surface area contributed by atoms with Crippen LogP contribution in [-0.4, -0.2) is 19.8 Å². The first-order valence-electron chi connectivity index (χ1n) is 6.13. The van der Waals surface area contributed by atoms with Crippen LogP contribution < -0.4 is 10.5 Å². The summed E-state index contributed by atoms with van der Waals surface area (Å²) in [6, 6.07) is 6.22. The highest BCUT2D eigenvalue weighted by Crippen LogP contribution is 2.31. The Hall–Kier alpha value is -1.06. The van der Waals surface area contributed by atoms with Gasteiger partial charge in [-0.1, -0.05) is 12.1 Å². The van der Waals surface area contributed by atoms with Crippen LogP contribution in [0.5, 0.6) is 5.75 Å². The first kappa shape index (κ1) is 12.4. The van der Waals surface area contributed by atoms with Crippen LogP contribution in [-0.2, 0) is 4.74 Å². The Morgan fingerprint density at radius 1 is 1.47 bits per heavy atom. The van der Waals surface area contributed by atoms with E-state index in [2.05, 4.69) is 19.1 Å². The standard InChI is InChI=1S/C14H21NO2/c1-9-6-11(4-5-13(9)16-3)14(15)12-7-10(2)17-8-12/h4-6,10,12,14H,7-8,15H2,1-3H3. The van der Waals surface area contributed by atoms with E-state index < -0.39 is 0 Å². The Bertz CT molecular complexity index is 392. The number of aryl methyl sites for hydroxylation is 1. The van der Waals surface area contributed by atoms with Gasteiger partial charge in [-0.2, -0.15) is 0 Å². The fourth-order valence-corrected chi connectivity index (χ4v) is 2.48. The lowest BCUT2D eigenvalue weighted by atomic mass is 9.91. The van der Waals surface area contributed by atoms with E-state index in [-0.39, 0.29) is 6.04 Å². The van der Waals surface area contributed by atoms with Gasteiger partial charge in [0, 0.05) is 12.0 Å². The first-order chi connectivity index (χ1) is 8.11. The van der Waals surface area contributed by atoms with Crippen molar-refractivity contribution in [3.05, 3.63) is 29.3 Å². The molecular weight excluding hydrogens is 214 g/mol. The number of hydrogen-bond donors (Lipinski definition) is 1. The third-order valence-corrected chi connectivity index (χ3v) is 3.54. The van der Waals surface area contributed by atoms with Crippen molar-refractivity contribution in [1.29, 1.82) is 0 Å². The largest absolute Gasteiger partial charge is 0.496 e. The van der Waals surface area contributed by atoms with Crippen LogP contribution in [0.25, 0.3) is 0 Å². The van der Waals surface area contributed by atoms with Gasteiger partial charge in [0.15, 0.2) is 0 Å². The minimum Gasteiger partial charge on any atom is -0.496 e. The summed E-state index contributed by atoms with van der Waals surface area (Å²) in [5.74, 6) is 1.34. The summed E-state index contributed by atoms with van der Waals surface area (Å²) in [4.78, 5) is 0. The molecule has 0 spiro atoms. The Labute approximate surface area is 103 Å². The number of methoxy groups -OCH3 is 1. The van der Waals surface area contributed by atoms with Crippen molar-refractivity contribution >= 4 is 0 Å². The summed E-state index contributed by atoms with van der Waals surface area (Å²) in [5, 5.41) is 0. The molecule has 1 fully saturated rings. The average Bonchev–Trinajstić information content (AvgIpc) is 2.75. The SMILES string of the molecule is COc1ccc(C(N)C2COC(C)C2)cc1C. The predicted molar refractivity (Wildman–Crippen MR) is 68.2 cm³/mol. The highest BCUT2D eigenvalue weighted by molar-refractivity contribution is 5.37. The van der Waals surface area contributed by atoms with Crippen LogP contribution in [0.15, 0.2) is 18.2 Å². The van der Waals surface area contributed by atoms with E-state index in [0.717, 1.165) is 24.3 Å². The van der Waals surface area contributed by atoms with Crippen LogP contribution in [0.1, 0.15) is 30.5 Å². The summed E-state index contributed by atoms with van der Waals surface area (Å²) in [6.07, 6.45) is 1.39. The number of rotatable bonds is 3. The number of benzene rings is 1. The summed E-state index contributed by atoms with van der Waals surface area (Å²) in [6.45, 7) is 4.92. The molecule has 1 aliphatic heterocycles. The van der Waals surface area contributed by atoms with Crippen molar-refractivity contribution in [3.63, 3.8) is 0 Å². The number of ether oxygens (including phenoxy) is 2. The first-order valence-corrected chi connectivity index (χ1v) is 6.13. The van der Waals surface area contributed by atoms with Gasteiger partial charge in [0.2, 0.25) is 0 Å². The molecular formula is C14H21NO2. The van der Waals surface area contributed by atoms with Crippen LogP contribution >= 0.6 is 0 Å². The molecule has 3 nitrogen and oxygen atoms in total. The van der Waals surface area contributed by atoms with E-state index in [1.165, 1.54) is 5.56 Å². The molecule has 94 valence electrons. The van der Waals surface area contributed by atoms with E-state index in [4.69, 9.17) is 15.2 Å². The highest BCUT2D eigenvalue weighted by Gasteiger charge is 2.28. The second-order valence-electron chi connectivity index (χ2n) is 4.89. The second-order valence-corrected chi connectivity index (χ2v) is 4.89. The van der Waals surface area contributed by atoms with Gasteiger partial charge in [-0.25, -0.2) is 0 Å². The quantitative estimate of drug-likeness (QED) is 0.875. The van der Waals surface area contributed by atoms with E-state index >= 15 is 0 Å². The number of nitrogens with two attached hydrogens (primary N) is 1. The van der Waals surface area contributed by atoms with Crippen molar-refractivity contribution < 1.29 is 9.47 Å². The molecule has 1 heterocycles. The van der Waals surface area contributed by atoms with Crippen molar-refractivity contribution in [3.8, 4) is 5.75 Å². The maximum Gasteiger partial charge on any atom is 0.121 e. The van der Waals surface area contributed by atoms with Gasteiger partial charge in [0.05, 0.1) is 19.8 Å². The molecule has 0 bridgehead atoms. The number of hydrogen-bond acceptors (Lipinski definition) is 3. The van der Waals surface area contributed by atoms with Gasteiger partial charge in [-0.15, -0.1) is 0 Å². The highest BCUT2D eigenvalue weighted by atomic mass is 16.5. The van der Waals surface area contributed by atoms with E-state index in [1.807, 2.05) is 13.0 Å². The molecule has 2 rings (SSSR count). The van der Waals surface area contributed by atoms with Gasteiger partial charge in [0.25, 0.3) is 0 Å². The van der Waals surface area contributed by atoms with Crippen molar-refractivity contribution in [2.75, 3.05) is 13.7 Å². The van der Waals surface area contributed by atoms with Crippen LogP contribution in [0.3, 0.4) is 0 Å². The molecule has 0 saturated carbocycles. The lowest BCUT2D eigenvalue weighted by Crippen LogP contribution is -2.21. The molecule has 0 amide bonds. The fourth-order valence-electron chi connectivity index (χ4n) is 2.48. The molecule has 1 aliphatic rings. The Morgan fingerprint density at radius 3 is 2.76 bits per heavy atom. The van der Waals surface area contributed by atoms with Crippen LogP contribution in [0, 0.1) is 12.8 Å². The molecule has 3 unspecified atom stereocenters. The normalized spacial score (nSPS) is 25.9. The smallest absolute Gasteiger partial charge is 0.121 e. The van der Waals surface area contributed by atoms with Crippen LogP contribution in [0.2, 0.25) is 0 Å². The molecule has 1 saturated heterocycles. The maximum absolute atomic E-state index is 6.30. The lowest BCUT2D eigenvalue weighted by Gasteiger charge is -2.19. The lowest BCUT2D eigenvalue weighted by molar-refractivity contribution is 0.118. The fraction of sp³-hybridized carbons (Fsp3) is 0.571. The molecule has 0 radical (unpaired) electrons. The summed E-state index contributed by atoms with van der Waals surface area (Å²) >= 11 is 0. The topological polar surface area (TPSA) is 44.5 Å². The molecule has 17 heavy (non-hydrogen) atoms. The van der Waals surface area contributed by atoms with E-state index in [0.29, 0.717) is 12.0 Å². The Morgan fingerprint density at radius 2 is 2.24 bits per heavy atom. The Balaban J connectivity index is 2.14. The molecule has 0 aromatic heterocycles. The van der Waals surface area contributed by atoms with Gasteiger partial charge >= 0.3 is 0 Å². The monoisotopic (exact) mass is 235 g/mol. The molecule has 1 aromatic rings. The molecule has 1 aromatic carbocycles. The molecule has 3 atom stereocenters. The van der Waals surface area contributed by atoms with E-state index in [9.17, 15) is 0 Å². The minimum absolute atomic E-state index is 0.0598. The van der Waals surface area contributed by atoms with Gasteiger partial charge in [0.1, 0.15) is 5.75 Å². The summed E-state index contributed by atoms with van der Waals surface area (Å²) < 4.78 is 10.8. The summed E-state index contributed by atoms with van der Waals surface area (Å²) in [7, 11) is 1.69. The third-order valence-electron chi connectivity index (χ3n) is 3.54. The third kappa shape index (κ3) is 2.61. The molecule has 0 aliphatic carbocycles. The zero-order valence-electron chi connectivity index (χ0n) is 10.8. The maximum atomic E-state index is 6.30. The zero-order chi connectivity index (χ0) is 12.4. The molecule has 2 N–H and O–H groups in total. The predicted octanol–water partition coefficient (Wildman–Crippen LogP) is 2.43. The van der Waals surface area contributed by atoms with Crippen molar-refractivity contribution in [2.24, 2.45) is 11.7 Å². The van der Waals surface area contributed by atoms with Gasteiger partial charge in [-0.05, 0) is 37.5 Å².